The molecule has 6 heteroatoms. The van der Waals surface area contributed by atoms with Crippen LogP contribution in [0, 0.1) is 12.7 Å². The van der Waals surface area contributed by atoms with Crippen LogP contribution < -0.4 is 10.6 Å². The minimum Gasteiger partial charge on any atom is -0.394 e. The molecule has 1 unspecified atom stereocenters. The molecule has 22 heavy (non-hydrogen) atoms. The van der Waals surface area contributed by atoms with E-state index >= 15 is 0 Å². The molecule has 0 aliphatic rings. The third kappa shape index (κ3) is 4.19. The Morgan fingerprint density at radius 3 is 2.55 bits per heavy atom. The minimum atomic E-state index is -0.606. The minimum absolute atomic E-state index is 0.0795. The van der Waals surface area contributed by atoms with Gasteiger partial charge < -0.3 is 15.7 Å². The molecular weight excluding hydrogens is 307 g/mol. The molecule has 4 nitrogen and oxygen atoms in total. The van der Waals surface area contributed by atoms with E-state index in [1.54, 1.807) is 37.3 Å². The Balaban J connectivity index is 2.04. The number of carbonyl (C=O) groups is 1. The van der Waals surface area contributed by atoms with Crippen molar-refractivity contribution in [2.45, 2.75) is 13.0 Å². The van der Waals surface area contributed by atoms with Gasteiger partial charge >= 0.3 is 6.03 Å². The third-order valence-electron chi connectivity index (χ3n) is 3.13. The Morgan fingerprint density at radius 2 is 1.95 bits per heavy atom. The molecule has 0 fully saturated rings. The van der Waals surface area contributed by atoms with Crippen LogP contribution in [0.25, 0.3) is 0 Å². The van der Waals surface area contributed by atoms with Gasteiger partial charge in [-0.25, -0.2) is 9.18 Å². The van der Waals surface area contributed by atoms with E-state index in [9.17, 15) is 14.3 Å². The van der Waals surface area contributed by atoms with Gasteiger partial charge in [-0.15, -0.1) is 0 Å². The number of halogens is 2. The molecule has 0 aliphatic heterocycles. The van der Waals surface area contributed by atoms with E-state index in [1.807, 2.05) is 0 Å². The van der Waals surface area contributed by atoms with Crippen molar-refractivity contribution in [3.8, 4) is 0 Å². The highest BCUT2D eigenvalue weighted by Gasteiger charge is 2.14. The molecule has 2 amide bonds. The molecule has 2 aromatic rings. The number of aliphatic hydroxyl groups is 1. The number of rotatable bonds is 4. The number of aliphatic hydroxyl groups excluding tert-OH is 1. The number of anilines is 1. The molecule has 0 radical (unpaired) electrons. The lowest BCUT2D eigenvalue weighted by Crippen LogP contribution is -2.34. The van der Waals surface area contributed by atoms with Crippen molar-refractivity contribution in [1.29, 1.82) is 0 Å². The van der Waals surface area contributed by atoms with Gasteiger partial charge in [-0.1, -0.05) is 29.8 Å². The standard InChI is InChI=1S/C16H16ClFN2O2/c1-10-2-7-14(13(18)8-10)19-16(22)20-15(9-21)11-3-5-12(17)6-4-11/h2-8,15,21H,9H2,1H3,(H2,19,20,22). The van der Waals surface area contributed by atoms with Crippen molar-refractivity contribution >= 4 is 23.3 Å². The second-order valence-corrected chi connectivity index (χ2v) is 5.30. The van der Waals surface area contributed by atoms with Gasteiger partial charge in [0, 0.05) is 5.02 Å². The zero-order chi connectivity index (χ0) is 16.1. The van der Waals surface area contributed by atoms with E-state index in [1.165, 1.54) is 12.1 Å². The van der Waals surface area contributed by atoms with Crippen LogP contribution in [0.4, 0.5) is 14.9 Å². The fourth-order valence-electron chi connectivity index (χ4n) is 1.97. The van der Waals surface area contributed by atoms with E-state index in [0.29, 0.717) is 10.6 Å². The predicted molar refractivity (Wildman–Crippen MR) is 84.6 cm³/mol. The fourth-order valence-corrected chi connectivity index (χ4v) is 2.09. The Kier molecular flexibility index (Phi) is 5.35. The van der Waals surface area contributed by atoms with E-state index in [4.69, 9.17) is 11.6 Å². The third-order valence-corrected chi connectivity index (χ3v) is 3.39. The van der Waals surface area contributed by atoms with Gasteiger partial charge in [0.2, 0.25) is 0 Å². The van der Waals surface area contributed by atoms with Crippen molar-refractivity contribution in [2.24, 2.45) is 0 Å². The Labute approximate surface area is 132 Å². The van der Waals surface area contributed by atoms with E-state index in [0.717, 1.165) is 5.56 Å². The molecule has 0 aliphatic carbocycles. The zero-order valence-electron chi connectivity index (χ0n) is 11.9. The lowest BCUT2D eigenvalue weighted by Gasteiger charge is -2.17. The van der Waals surface area contributed by atoms with Crippen molar-refractivity contribution in [1.82, 2.24) is 5.32 Å². The molecule has 1 atom stereocenters. The number of benzene rings is 2. The first-order valence-corrected chi connectivity index (χ1v) is 7.07. The van der Waals surface area contributed by atoms with E-state index < -0.39 is 17.9 Å². The quantitative estimate of drug-likeness (QED) is 0.804. The van der Waals surface area contributed by atoms with Gasteiger partial charge in [0.1, 0.15) is 5.82 Å². The highest BCUT2D eigenvalue weighted by Crippen LogP contribution is 2.18. The van der Waals surface area contributed by atoms with E-state index in [2.05, 4.69) is 10.6 Å². The summed E-state index contributed by atoms with van der Waals surface area (Å²) in [6.07, 6.45) is 0. The molecule has 0 bridgehead atoms. The van der Waals surface area contributed by atoms with Gasteiger partial charge in [-0.3, -0.25) is 0 Å². The predicted octanol–water partition coefficient (Wildman–Crippen LogP) is 3.64. The average Bonchev–Trinajstić information content (AvgIpc) is 2.49. The summed E-state index contributed by atoms with van der Waals surface area (Å²) in [6.45, 7) is 1.47. The molecule has 0 spiro atoms. The number of carbonyl (C=O) groups excluding carboxylic acids is 1. The number of hydrogen-bond acceptors (Lipinski definition) is 2. The largest absolute Gasteiger partial charge is 0.394 e. The Morgan fingerprint density at radius 1 is 1.27 bits per heavy atom. The summed E-state index contributed by atoms with van der Waals surface area (Å²) in [6, 6.07) is 10.0. The molecule has 116 valence electrons. The monoisotopic (exact) mass is 322 g/mol. The molecule has 0 heterocycles. The van der Waals surface area contributed by atoms with Crippen LogP contribution in [0.1, 0.15) is 17.2 Å². The van der Waals surface area contributed by atoms with Crippen molar-refractivity contribution < 1.29 is 14.3 Å². The number of aryl methyl sites for hydroxylation is 1. The van der Waals surface area contributed by atoms with Crippen LogP contribution in [-0.4, -0.2) is 17.7 Å². The van der Waals surface area contributed by atoms with Gasteiger partial charge in [0.15, 0.2) is 0 Å². The van der Waals surface area contributed by atoms with Crippen LogP contribution in [0.2, 0.25) is 5.02 Å². The summed E-state index contributed by atoms with van der Waals surface area (Å²) >= 11 is 5.80. The van der Waals surface area contributed by atoms with Crippen LogP contribution in [0.3, 0.4) is 0 Å². The molecular formula is C16H16ClFN2O2. The van der Waals surface area contributed by atoms with Gasteiger partial charge in [-0.05, 0) is 42.3 Å². The number of nitrogens with one attached hydrogen (secondary N) is 2. The summed E-state index contributed by atoms with van der Waals surface area (Å²) in [4.78, 5) is 11.9. The Bertz CT molecular complexity index is 662. The van der Waals surface area contributed by atoms with Crippen molar-refractivity contribution in [2.75, 3.05) is 11.9 Å². The van der Waals surface area contributed by atoms with Crippen LogP contribution in [0.15, 0.2) is 42.5 Å². The number of hydrogen-bond donors (Lipinski definition) is 3. The first kappa shape index (κ1) is 16.3. The molecule has 0 aromatic heterocycles. The second kappa shape index (κ2) is 7.24. The van der Waals surface area contributed by atoms with Crippen LogP contribution in [-0.2, 0) is 0 Å². The van der Waals surface area contributed by atoms with Crippen LogP contribution >= 0.6 is 11.6 Å². The van der Waals surface area contributed by atoms with Gasteiger partial charge in [0.05, 0.1) is 18.3 Å². The summed E-state index contributed by atoms with van der Waals surface area (Å²) in [7, 11) is 0. The maximum absolute atomic E-state index is 13.7. The molecule has 0 saturated carbocycles. The number of urea groups is 1. The topological polar surface area (TPSA) is 61.4 Å². The van der Waals surface area contributed by atoms with Gasteiger partial charge in [0.25, 0.3) is 0 Å². The second-order valence-electron chi connectivity index (χ2n) is 4.87. The summed E-state index contributed by atoms with van der Waals surface area (Å²) < 4.78 is 13.7. The fraction of sp³-hybridized carbons (Fsp3) is 0.188. The SMILES string of the molecule is Cc1ccc(NC(=O)NC(CO)c2ccc(Cl)cc2)c(F)c1. The molecule has 3 N–H and O–H groups in total. The normalized spacial score (nSPS) is 11.8. The van der Waals surface area contributed by atoms with E-state index in [-0.39, 0.29) is 12.3 Å². The number of amides is 2. The first-order chi connectivity index (χ1) is 10.5. The zero-order valence-corrected chi connectivity index (χ0v) is 12.7. The smallest absolute Gasteiger partial charge is 0.319 e. The Hall–Kier alpha value is -2.11. The summed E-state index contributed by atoms with van der Waals surface area (Å²) in [5.41, 5.74) is 1.54. The molecule has 2 aromatic carbocycles. The average molecular weight is 323 g/mol. The lowest BCUT2D eigenvalue weighted by molar-refractivity contribution is 0.225. The van der Waals surface area contributed by atoms with Gasteiger partial charge in [-0.2, -0.15) is 0 Å². The summed E-state index contributed by atoms with van der Waals surface area (Å²) in [5.74, 6) is -0.512. The first-order valence-electron chi connectivity index (χ1n) is 6.69. The van der Waals surface area contributed by atoms with Crippen molar-refractivity contribution in [3.63, 3.8) is 0 Å². The summed E-state index contributed by atoms with van der Waals surface area (Å²) in [5, 5.41) is 15.0. The lowest BCUT2D eigenvalue weighted by atomic mass is 10.1. The van der Waals surface area contributed by atoms with Crippen LogP contribution in [0.5, 0.6) is 0 Å². The highest BCUT2D eigenvalue weighted by atomic mass is 35.5. The molecule has 2 rings (SSSR count). The maximum atomic E-state index is 13.7. The maximum Gasteiger partial charge on any atom is 0.319 e. The van der Waals surface area contributed by atoms with Crippen molar-refractivity contribution in [3.05, 3.63) is 64.4 Å². The molecule has 0 saturated heterocycles. The highest BCUT2D eigenvalue weighted by molar-refractivity contribution is 6.30.